The highest BCUT2D eigenvalue weighted by molar-refractivity contribution is 14.0. The molecule has 1 aromatic rings. The van der Waals surface area contributed by atoms with E-state index in [9.17, 15) is 8.42 Å². The van der Waals surface area contributed by atoms with E-state index in [1.807, 2.05) is 45.0 Å². The Morgan fingerprint density at radius 1 is 1.33 bits per heavy atom. The van der Waals surface area contributed by atoms with Crippen molar-refractivity contribution >= 4 is 45.6 Å². The van der Waals surface area contributed by atoms with E-state index in [1.54, 1.807) is 0 Å². The Bertz CT molecular complexity index is 662. The Hall–Kier alpha value is -1.03. The number of sulfonamides is 1. The first-order valence-electron chi connectivity index (χ1n) is 8.07. The molecule has 0 amide bonds. The molecular formula is C16H27IN4O2S. The van der Waals surface area contributed by atoms with Crippen LogP contribution in [0.1, 0.15) is 26.3 Å². The zero-order valence-electron chi connectivity index (χ0n) is 14.4. The van der Waals surface area contributed by atoms with Crippen LogP contribution >= 0.6 is 24.0 Å². The number of anilines is 1. The number of hydrogen-bond donors (Lipinski definition) is 2. The highest BCUT2D eigenvalue weighted by Crippen LogP contribution is 2.29. The molecule has 2 rings (SSSR count). The predicted octanol–water partition coefficient (Wildman–Crippen LogP) is 1.96. The average molecular weight is 466 g/mol. The summed E-state index contributed by atoms with van der Waals surface area (Å²) in [5.41, 5.74) is 1.90. The van der Waals surface area contributed by atoms with Crippen LogP contribution in [-0.2, 0) is 16.4 Å². The van der Waals surface area contributed by atoms with Gasteiger partial charge in [-0.2, -0.15) is 0 Å². The first kappa shape index (κ1) is 21.0. The van der Waals surface area contributed by atoms with Crippen LogP contribution in [0.25, 0.3) is 0 Å². The minimum atomic E-state index is -3.34. The van der Waals surface area contributed by atoms with E-state index < -0.39 is 10.0 Å². The van der Waals surface area contributed by atoms with Crippen LogP contribution in [-0.4, -0.2) is 45.8 Å². The molecule has 8 heteroatoms. The van der Waals surface area contributed by atoms with E-state index in [2.05, 4.69) is 15.6 Å². The van der Waals surface area contributed by atoms with Gasteiger partial charge in [0.2, 0.25) is 10.0 Å². The molecule has 0 saturated heterocycles. The van der Waals surface area contributed by atoms with E-state index in [1.165, 1.54) is 4.31 Å². The second kappa shape index (κ2) is 9.45. The molecule has 1 aromatic carbocycles. The molecule has 0 aromatic heterocycles. The highest BCUT2D eigenvalue weighted by atomic mass is 127. The number of benzene rings is 1. The van der Waals surface area contributed by atoms with Gasteiger partial charge in [0.1, 0.15) is 0 Å². The Kier molecular flexibility index (Phi) is 8.28. The van der Waals surface area contributed by atoms with Crippen molar-refractivity contribution < 1.29 is 8.42 Å². The summed E-state index contributed by atoms with van der Waals surface area (Å²) in [6.45, 7) is 7.52. The molecule has 0 spiro atoms. The number of nitrogens with zero attached hydrogens (tertiary/aromatic N) is 2. The van der Waals surface area contributed by atoms with Gasteiger partial charge in [-0.05, 0) is 38.8 Å². The van der Waals surface area contributed by atoms with Crippen molar-refractivity contribution in [1.82, 2.24) is 10.6 Å². The zero-order chi connectivity index (χ0) is 16.9. The SMILES string of the molecule is CCNC(=NCCS(=O)(=O)N1CCc2ccccc21)NC(C)C.I. The fourth-order valence-corrected chi connectivity index (χ4v) is 3.96. The molecular weight excluding hydrogens is 439 g/mol. The third-order valence-corrected chi connectivity index (χ3v) is 5.32. The van der Waals surface area contributed by atoms with Gasteiger partial charge in [-0.3, -0.25) is 9.30 Å². The maximum Gasteiger partial charge on any atom is 0.237 e. The third-order valence-electron chi connectivity index (χ3n) is 3.57. The van der Waals surface area contributed by atoms with Crippen LogP contribution in [0.2, 0.25) is 0 Å². The second-order valence-electron chi connectivity index (χ2n) is 5.83. The van der Waals surface area contributed by atoms with Crippen LogP contribution < -0.4 is 14.9 Å². The van der Waals surface area contributed by atoms with Gasteiger partial charge in [-0.25, -0.2) is 8.42 Å². The summed E-state index contributed by atoms with van der Waals surface area (Å²) in [5.74, 6) is 0.662. The molecule has 0 aliphatic carbocycles. The summed E-state index contributed by atoms with van der Waals surface area (Å²) >= 11 is 0. The van der Waals surface area contributed by atoms with Gasteiger partial charge < -0.3 is 10.6 Å². The lowest BCUT2D eigenvalue weighted by Gasteiger charge is -2.19. The number of fused-ring (bicyclic) bond motifs is 1. The first-order valence-corrected chi connectivity index (χ1v) is 9.68. The summed E-state index contributed by atoms with van der Waals surface area (Å²) in [6, 6.07) is 7.92. The summed E-state index contributed by atoms with van der Waals surface area (Å²) < 4.78 is 26.7. The summed E-state index contributed by atoms with van der Waals surface area (Å²) in [7, 11) is -3.34. The molecule has 0 saturated carbocycles. The van der Waals surface area contributed by atoms with E-state index >= 15 is 0 Å². The van der Waals surface area contributed by atoms with Gasteiger partial charge in [-0.15, -0.1) is 24.0 Å². The van der Waals surface area contributed by atoms with Crippen LogP contribution in [0.5, 0.6) is 0 Å². The molecule has 0 bridgehead atoms. The number of halogens is 1. The smallest absolute Gasteiger partial charge is 0.237 e. The Labute approximate surface area is 162 Å². The minimum Gasteiger partial charge on any atom is -0.357 e. The highest BCUT2D eigenvalue weighted by Gasteiger charge is 2.28. The molecule has 0 unspecified atom stereocenters. The van der Waals surface area contributed by atoms with Crippen molar-refractivity contribution in [3.63, 3.8) is 0 Å². The van der Waals surface area contributed by atoms with Gasteiger partial charge in [0.05, 0.1) is 18.0 Å². The molecule has 1 heterocycles. The van der Waals surface area contributed by atoms with Crippen molar-refractivity contribution in [3.05, 3.63) is 29.8 Å². The van der Waals surface area contributed by atoms with E-state index in [4.69, 9.17) is 0 Å². The van der Waals surface area contributed by atoms with Crippen molar-refractivity contribution in [2.24, 2.45) is 4.99 Å². The average Bonchev–Trinajstić information content (AvgIpc) is 2.91. The van der Waals surface area contributed by atoms with Crippen LogP contribution in [0.4, 0.5) is 5.69 Å². The number of hydrogen-bond acceptors (Lipinski definition) is 3. The van der Waals surface area contributed by atoms with Gasteiger partial charge >= 0.3 is 0 Å². The van der Waals surface area contributed by atoms with Gasteiger partial charge in [0, 0.05) is 19.1 Å². The summed E-state index contributed by atoms with van der Waals surface area (Å²) in [5, 5.41) is 6.30. The number of guanidine groups is 1. The molecule has 0 atom stereocenters. The lowest BCUT2D eigenvalue weighted by atomic mass is 10.2. The van der Waals surface area contributed by atoms with Crippen LogP contribution in [0.15, 0.2) is 29.3 Å². The normalized spacial score (nSPS) is 14.3. The lowest BCUT2D eigenvalue weighted by molar-refractivity contribution is 0.592. The van der Waals surface area contributed by atoms with Crippen molar-refractivity contribution in [1.29, 1.82) is 0 Å². The van der Waals surface area contributed by atoms with Gasteiger partial charge in [-0.1, -0.05) is 18.2 Å². The number of rotatable bonds is 6. The molecule has 1 aliphatic rings. The van der Waals surface area contributed by atoms with E-state index in [-0.39, 0.29) is 42.3 Å². The summed E-state index contributed by atoms with van der Waals surface area (Å²) in [6.07, 6.45) is 0.774. The zero-order valence-corrected chi connectivity index (χ0v) is 17.6. The van der Waals surface area contributed by atoms with Crippen LogP contribution in [0, 0.1) is 0 Å². The fourth-order valence-electron chi connectivity index (χ4n) is 2.57. The fraction of sp³-hybridized carbons (Fsp3) is 0.562. The van der Waals surface area contributed by atoms with E-state index in [0.29, 0.717) is 12.5 Å². The quantitative estimate of drug-likeness (QED) is 0.382. The molecule has 2 N–H and O–H groups in total. The Morgan fingerprint density at radius 2 is 2.04 bits per heavy atom. The lowest BCUT2D eigenvalue weighted by Crippen LogP contribution is -2.41. The predicted molar refractivity (Wildman–Crippen MR) is 111 cm³/mol. The van der Waals surface area contributed by atoms with Crippen molar-refractivity contribution in [2.75, 3.05) is 29.7 Å². The van der Waals surface area contributed by atoms with Gasteiger partial charge in [0.15, 0.2) is 5.96 Å². The standard InChI is InChI=1S/C16H26N4O2S.HI/c1-4-17-16(19-13(2)3)18-10-12-23(21,22)20-11-9-14-7-5-6-8-15(14)20;/h5-8,13H,4,9-12H2,1-3H3,(H2,17,18,19);1H. The topological polar surface area (TPSA) is 73.8 Å². The largest absolute Gasteiger partial charge is 0.357 e. The molecule has 136 valence electrons. The number of nitrogens with one attached hydrogen (secondary N) is 2. The molecule has 24 heavy (non-hydrogen) atoms. The van der Waals surface area contributed by atoms with Crippen molar-refractivity contribution in [3.8, 4) is 0 Å². The van der Waals surface area contributed by atoms with E-state index in [0.717, 1.165) is 24.2 Å². The Morgan fingerprint density at radius 3 is 2.71 bits per heavy atom. The van der Waals surface area contributed by atoms with Gasteiger partial charge in [0.25, 0.3) is 0 Å². The third kappa shape index (κ3) is 5.51. The molecule has 0 radical (unpaired) electrons. The van der Waals surface area contributed by atoms with Crippen molar-refractivity contribution in [2.45, 2.75) is 33.2 Å². The summed E-state index contributed by atoms with van der Waals surface area (Å²) in [4.78, 5) is 4.35. The first-order chi connectivity index (χ1) is 10.9. The maximum absolute atomic E-state index is 12.6. The molecule has 6 nitrogen and oxygen atoms in total. The molecule has 1 aliphatic heterocycles. The minimum absolute atomic E-state index is 0. The molecule has 0 fully saturated rings. The second-order valence-corrected chi connectivity index (χ2v) is 7.84. The number of para-hydroxylation sites is 1. The monoisotopic (exact) mass is 466 g/mol. The number of aliphatic imine (C=N–C) groups is 1. The maximum atomic E-state index is 12.6. The van der Waals surface area contributed by atoms with Crippen LogP contribution in [0.3, 0.4) is 0 Å². The Balaban J connectivity index is 0.00000288.